The number of carbonyl (C=O) groups is 1. The molecule has 0 saturated carbocycles. The molecule has 0 radical (unpaired) electrons. The van der Waals surface area contributed by atoms with Gasteiger partial charge in [-0.2, -0.15) is 0 Å². The van der Waals surface area contributed by atoms with Gasteiger partial charge in [0.25, 0.3) is 0 Å². The molecule has 5 N–H and O–H groups in total. The Morgan fingerprint density at radius 3 is 2.44 bits per heavy atom. The second-order valence-electron chi connectivity index (χ2n) is 1.62. The van der Waals surface area contributed by atoms with Crippen LogP contribution in [0.15, 0.2) is 0 Å². The first-order chi connectivity index (χ1) is 4.04. The van der Waals surface area contributed by atoms with Crippen molar-refractivity contribution in [2.45, 2.75) is 13.0 Å². The van der Waals surface area contributed by atoms with Crippen LogP contribution in [0, 0.1) is 5.41 Å². The van der Waals surface area contributed by atoms with E-state index in [9.17, 15) is 4.79 Å². The molecule has 0 spiro atoms. The monoisotopic (exact) mass is 131 g/mol. The molecule has 0 bridgehead atoms. The standard InChI is InChI=1S/C4H9N3O2/c1-2(3(8)9)7-4(5)6/h2H,1H3,(H,8,9)(H4,5,6,7)/t2-/m1/s1. The molecule has 0 aliphatic carbocycles. The summed E-state index contributed by atoms with van der Waals surface area (Å²) in [6.07, 6.45) is 0. The number of rotatable bonds is 2. The van der Waals surface area contributed by atoms with Crippen LogP contribution in [-0.2, 0) is 4.79 Å². The van der Waals surface area contributed by atoms with Crippen molar-refractivity contribution in [3.05, 3.63) is 0 Å². The molecule has 0 aromatic rings. The number of nitrogens with two attached hydrogens (primary N) is 1. The molecular weight excluding hydrogens is 122 g/mol. The second kappa shape index (κ2) is 2.91. The fraction of sp³-hybridized carbons (Fsp3) is 0.500. The first kappa shape index (κ1) is 7.74. The SMILES string of the molecule is C[C@@H](NC(=N)N)C(=O)O. The van der Waals surface area contributed by atoms with Crippen molar-refractivity contribution in [2.75, 3.05) is 0 Å². The van der Waals surface area contributed by atoms with Crippen LogP contribution in [0.2, 0.25) is 0 Å². The molecule has 0 fully saturated rings. The van der Waals surface area contributed by atoms with Gasteiger partial charge in [-0.25, -0.2) is 0 Å². The lowest BCUT2D eigenvalue weighted by atomic mass is 10.3. The van der Waals surface area contributed by atoms with Crippen LogP contribution >= 0.6 is 0 Å². The van der Waals surface area contributed by atoms with Crippen LogP contribution in [0.25, 0.3) is 0 Å². The predicted octanol–water partition coefficient (Wildman–Crippen LogP) is -1.06. The van der Waals surface area contributed by atoms with Gasteiger partial charge >= 0.3 is 5.97 Å². The minimum Gasteiger partial charge on any atom is -0.480 e. The lowest BCUT2D eigenvalue weighted by Gasteiger charge is -2.06. The van der Waals surface area contributed by atoms with Crippen molar-refractivity contribution in [3.63, 3.8) is 0 Å². The number of hydrogen-bond donors (Lipinski definition) is 4. The van der Waals surface area contributed by atoms with E-state index >= 15 is 0 Å². The maximum Gasteiger partial charge on any atom is 0.325 e. The van der Waals surface area contributed by atoms with Gasteiger partial charge in [0, 0.05) is 0 Å². The number of guanidine groups is 1. The van der Waals surface area contributed by atoms with E-state index in [1.165, 1.54) is 6.92 Å². The molecular formula is C4H9N3O2. The fourth-order valence-corrected chi connectivity index (χ4v) is 0.295. The maximum atomic E-state index is 10.0. The van der Waals surface area contributed by atoms with Crippen LogP contribution in [0.1, 0.15) is 6.92 Å². The lowest BCUT2D eigenvalue weighted by Crippen LogP contribution is -2.41. The molecule has 0 saturated heterocycles. The Labute approximate surface area is 52.4 Å². The molecule has 9 heavy (non-hydrogen) atoms. The quantitative estimate of drug-likeness (QED) is 0.283. The van der Waals surface area contributed by atoms with Crippen molar-refractivity contribution in [1.82, 2.24) is 5.32 Å². The maximum absolute atomic E-state index is 10.0. The molecule has 5 heteroatoms. The van der Waals surface area contributed by atoms with Gasteiger partial charge in [0.05, 0.1) is 0 Å². The third-order valence-corrected chi connectivity index (χ3v) is 0.742. The van der Waals surface area contributed by atoms with E-state index in [1.807, 2.05) is 0 Å². The Morgan fingerprint density at radius 2 is 2.33 bits per heavy atom. The number of carboxylic acids is 1. The molecule has 1 atom stereocenters. The van der Waals surface area contributed by atoms with Crippen molar-refractivity contribution in [1.29, 1.82) is 5.41 Å². The summed E-state index contributed by atoms with van der Waals surface area (Å²) >= 11 is 0. The van der Waals surface area contributed by atoms with Gasteiger partial charge in [-0.1, -0.05) is 0 Å². The summed E-state index contributed by atoms with van der Waals surface area (Å²) in [6.45, 7) is 1.41. The zero-order valence-electron chi connectivity index (χ0n) is 5.01. The van der Waals surface area contributed by atoms with Gasteiger partial charge in [0.2, 0.25) is 0 Å². The Bertz CT molecular complexity index is 134. The van der Waals surface area contributed by atoms with Crippen molar-refractivity contribution >= 4 is 11.9 Å². The van der Waals surface area contributed by atoms with E-state index in [2.05, 4.69) is 5.32 Å². The first-order valence-corrected chi connectivity index (χ1v) is 2.37. The number of carboxylic acid groups (broad SMARTS) is 1. The highest BCUT2D eigenvalue weighted by molar-refractivity contribution is 5.82. The number of hydrogen-bond acceptors (Lipinski definition) is 2. The predicted molar refractivity (Wildman–Crippen MR) is 32.1 cm³/mol. The number of nitrogens with one attached hydrogen (secondary N) is 2. The van der Waals surface area contributed by atoms with Crippen LogP contribution < -0.4 is 11.1 Å². The van der Waals surface area contributed by atoms with E-state index in [4.69, 9.17) is 16.2 Å². The van der Waals surface area contributed by atoms with Gasteiger partial charge in [0.15, 0.2) is 5.96 Å². The number of aliphatic carboxylic acids is 1. The Balaban J connectivity index is 3.63. The minimum absolute atomic E-state index is 0.329. The van der Waals surface area contributed by atoms with Gasteiger partial charge in [0.1, 0.15) is 6.04 Å². The first-order valence-electron chi connectivity index (χ1n) is 2.37. The molecule has 5 nitrogen and oxygen atoms in total. The summed E-state index contributed by atoms with van der Waals surface area (Å²) in [5.74, 6) is -1.35. The van der Waals surface area contributed by atoms with Gasteiger partial charge in [-0.05, 0) is 6.92 Å². The molecule has 0 unspecified atom stereocenters. The van der Waals surface area contributed by atoms with Crippen molar-refractivity contribution < 1.29 is 9.90 Å². The van der Waals surface area contributed by atoms with E-state index in [-0.39, 0.29) is 5.96 Å². The highest BCUT2D eigenvalue weighted by Gasteiger charge is 2.08. The minimum atomic E-state index is -1.02. The average Bonchev–Trinajstić information content (AvgIpc) is 1.63. The van der Waals surface area contributed by atoms with Crippen LogP contribution in [0.3, 0.4) is 0 Å². The smallest absolute Gasteiger partial charge is 0.325 e. The zero-order chi connectivity index (χ0) is 7.44. The molecule has 52 valence electrons. The fourth-order valence-electron chi connectivity index (χ4n) is 0.295. The summed E-state index contributed by atoms with van der Waals surface area (Å²) in [4.78, 5) is 10.0. The second-order valence-corrected chi connectivity index (χ2v) is 1.62. The topological polar surface area (TPSA) is 99.2 Å². The van der Waals surface area contributed by atoms with Gasteiger partial charge in [-0.15, -0.1) is 0 Å². The summed E-state index contributed by atoms with van der Waals surface area (Å²) in [6, 6.07) is -0.789. The normalized spacial score (nSPS) is 12.1. The van der Waals surface area contributed by atoms with Crippen LogP contribution in [0.4, 0.5) is 0 Å². The summed E-state index contributed by atoms with van der Waals surface area (Å²) in [5, 5.41) is 17.0. The highest BCUT2D eigenvalue weighted by atomic mass is 16.4. The zero-order valence-corrected chi connectivity index (χ0v) is 5.01. The van der Waals surface area contributed by atoms with Crippen molar-refractivity contribution in [3.8, 4) is 0 Å². The summed E-state index contributed by atoms with van der Waals surface area (Å²) < 4.78 is 0. The molecule has 0 aliphatic rings. The summed E-state index contributed by atoms with van der Waals surface area (Å²) in [7, 11) is 0. The van der Waals surface area contributed by atoms with E-state index in [0.29, 0.717) is 0 Å². The van der Waals surface area contributed by atoms with Gasteiger partial charge < -0.3 is 16.2 Å². The molecule has 0 amide bonds. The Kier molecular flexibility index (Phi) is 2.50. The van der Waals surface area contributed by atoms with Crippen LogP contribution in [-0.4, -0.2) is 23.1 Å². The Morgan fingerprint density at radius 1 is 1.89 bits per heavy atom. The molecule has 0 aromatic carbocycles. The lowest BCUT2D eigenvalue weighted by molar-refractivity contribution is -0.138. The highest BCUT2D eigenvalue weighted by Crippen LogP contribution is 1.76. The molecule has 0 aliphatic heterocycles. The molecule has 0 heterocycles. The van der Waals surface area contributed by atoms with Crippen LogP contribution in [0.5, 0.6) is 0 Å². The average molecular weight is 131 g/mol. The van der Waals surface area contributed by atoms with E-state index in [0.717, 1.165) is 0 Å². The van der Waals surface area contributed by atoms with E-state index < -0.39 is 12.0 Å². The molecule has 0 aromatic heterocycles. The van der Waals surface area contributed by atoms with Gasteiger partial charge in [-0.3, -0.25) is 10.2 Å². The largest absolute Gasteiger partial charge is 0.480 e. The summed E-state index contributed by atoms with van der Waals surface area (Å²) in [5.41, 5.74) is 4.84. The Hall–Kier alpha value is -1.26. The molecule has 0 rings (SSSR count). The third-order valence-electron chi connectivity index (χ3n) is 0.742. The van der Waals surface area contributed by atoms with Crippen molar-refractivity contribution in [2.24, 2.45) is 5.73 Å². The van der Waals surface area contributed by atoms with E-state index in [1.54, 1.807) is 0 Å². The third kappa shape index (κ3) is 3.33.